The molecule has 0 heterocycles. The van der Waals surface area contributed by atoms with Gasteiger partial charge >= 0.3 is 27.5 Å². The Morgan fingerprint density at radius 2 is 1.12 bits per heavy atom. The van der Waals surface area contributed by atoms with E-state index in [1.54, 1.807) is 0 Å². The normalized spacial score (nSPS) is 8.00. The molecule has 130 valence electrons. The zero-order valence-corrected chi connectivity index (χ0v) is 18.5. The van der Waals surface area contributed by atoms with Crippen molar-refractivity contribution in [3.05, 3.63) is 62.0 Å². The van der Waals surface area contributed by atoms with E-state index in [0.717, 1.165) is 0 Å². The maximum absolute atomic E-state index is 8.34. The smallest absolute Gasteiger partial charge is 0 e. The van der Waals surface area contributed by atoms with Crippen molar-refractivity contribution in [2.75, 3.05) is 13.2 Å². The number of benzene rings is 2. The van der Waals surface area contributed by atoms with E-state index in [4.69, 9.17) is 13.0 Å². The molecule has 3 nitrogen and oxygen atoms in total. The Kier molecular flexibility index (Phi) is 25.0. The largest absolute Gasteiger partial charge is 0.126 e. The maximum Gasteiger partial charge on any atom is 0 e. The molecule has 0 aliphatic rings. The third-order valence-electron chi connectivity index (χ3n) is 2.84. The van der Waals surface area contributed by atoms with Crippen LogP contribution >= 0.6 is 24.8 Å². The molecule has 0 bridgehead atoms. The summed E-state index contributed by atoms with van der Waals surface area (Å²) in [6.45, 7) is 0.188. The molecule has 2 N–H and O–H groups in total. The van der Waals surface area contributed by atoms with Crippen LogP contribution in [0.1, 0.15) is 6.42 Å². The van der Waals surface area contributed by atoms with Crippen LogP contribution in [-0.4, -0.2) is 34.4 Å². The van der Waals surface area contributed by atoms with Gasteiger partial charge in [-0.25, -0.2) is 0 Å². The van der Waals surface area contributed by atoms with Crippen LogP contribution in [0.2, 0.25) is 0 Å². The predicted octanol–water partition coefficient (Wildman–Crippen LogP) is 3.86. The van der Waals surface area contributed by atoms with Crippen molar-refractivity contribution in [3.63, 3.8) is 0 Å². The van der Waals surface area contributed by atoms with E-state index in [1.165, 1.54) is 21.5 Å². The number of aliphatic hydroxyl groups is 2. The van der Waals surface area contributed by atoms with Gasteiger partial charge in [-0.3, -0.25) is 0 Å². The second-order valence-electron chi connectivity index (χ2n) is 4.12. The number of hydrogen-bond donors (Lipinski definition) is 2. The molecule has 0 atom stereocenters. The number of rotatable bonds is 2. The quantitative estimate of drug-likeness (QED) is 0.447. The van der Waals surface area contributed by atoms with Crippen molar-refractivity contribution >= 4 is 57.3 Å². The Bertz CT molecular complexity index is 597. The van der Waals surface area contributed by atoms with Gasteiger partial charge in [-0.1, -0.05) is 36.4 Å². The molecule has 0 saturated heterocycles. The van der Waals surface area contributed by atoms with Crippen LogP contribution in [0.4, 0.5) is 0 Å². The van der Waals surface area contributed by atoms with Gasteiger partial charge in [0, 0.05) is 24.2 Å². The third-order valence-corrected chi connectivity index (χ3v) is 2.84. The second kappa shape index (κ2) is 19.0. The molecule has 24 heavy (non-hydrogen) atoms. The molecule has 0 aliphatic carbocycles. The van der Waals surface area contributed by atoms with Crippen molar-refractivity contribution in [2.24, 2.45) is 0 Å². The molecule has 0 aliphatic heterocycles. The van der Waals surface area contributed by atoms with Crippen LogP contribution < -0.4 is 0 Å². The van der Waals surface area contributed by atoms with Gasteiger partial charge < -0.3 is 17.6 Å². The molecule has 0 aromatic heterocycles. The molecular weight excluding hydrogens is 442 g/mol. The number of aliphatic hydroxyl groups excluding tert-OH is 2. The van der Waals surface area contributed by atoms with Gasteiger partial charge in [-0.2, -0.15) is 0 Å². The first-order valence-electron chi connectivity index (χ1n) is 6.32. The molecule has 0 amide bonds. The summed E-state index contributed by atoms with van der Waals surface area (Å²) in [5.74, 6) is 0. The van der Waals surface area contributed by atoms with E-state index in [-0.39, 0.29) is 56.4 Å². The van der Waals surface area contributed by atoms with Crippen molar-refractivity contribution in [3.8, 4) is 0 Å². The fourth-order valence-corrected chi connectivity index (χ4v) is 1.97. The Morgan fingerprint density at radius 3 is 1.42 bits per heavy atom. The number of halogens is 2. The van der Waals surface area contributed by atoms with E-state index in [0.29, 0.717) is 31.1 Å². The SMILES string of the molecule is Cl.Cl.OCCCO.[CH3-].[O]=[Zr+2].[Si].c1ccc2c(c1)[cH-]c1ccccc12. The molecule has 0 fully saturated rings. The van der Waals surface area contributed by atoms with Crippen molar-refractivity contribution in [2.45, 2.75) is 6.42 Å². The van der Waals surface area contributed by atoms with Gasteiger partial charge in [0.1, 0.15) is 0 Å². The van der Waals surface area contributed by atoms with E-state index >= 15 is 0 Å². The van der Waals surface area contributed by atoms with Crippen LogP contribution in [0.25, 0.3) is 21.5 Å². The first kappa shape index (κ1) is 31.5. The molecule has 0 unspecified atom stereocenters. The van der Waals surface area contributed by atoms with Crippen LogP contribution in [0.3, 0.4) is 0 Å². The Balaban J connectivity index is -0.000000162. The average Bonchev–Trinajstić information content (AvgIpc) is 2.89. The van der Waals surface area contributed by atoms with Gasteiger partial charge in [0.05, 0.1) is 0 Å². The minimum absolute atomic E-state index is 0. The predicted molar refractivity (Wildman–Crippen MR) is 103 cm³/mol. The zero-order chi connectivity index (χ0) is 14.8. The maximum atomic E-state index is 8.34. The summed E-state index contributed by atoms with van der Waals surface area (Å²) in [6, 6.07) is 19.3. The van der Waals surface area contributed by atoms with Crippen molar-refractivity contribution in [1.82, 2.24) is 0 Å². The van der Waals surface area contributed by atoms with Crippen molar-refractivity contribution in [1.29, 1.82) is 0 Å². The molecule has 3 rings (SSSR count). The van der Waals surface area contributed by atoms with Crippen LogP contribution in [0.5, 0.6) is 0 Å². The van der Waals surface area contributed by atoms with Crippen LogP contribution in [0.15, 0.2) is 54.6 Å². The third kappa shape index (κ3) is 9.26. The summed E-state index contributed by atoms with van der Waals surface area (Å²) in [6.07, 6.45) is 0.500. The topological polar surface area (TPSA) is 57.5 Å². The fourth-order valence-electron chi connectivity index (χ4n) is 1.97. The summed E-state index contributed by atoms with van der Waals surface area (Å²) in [7, 11) is 0. The minimum Gasteiger partial charge on any atom is -0.126 e. The fraction of sp³-hybridized carbons (Fsp3) is 0.176. The number of fused-ring (bicyclic) bond motifs is 3. The van der Waals surface area contributed by atoms with Crippen molar-refractivity contribution < 1.29 is 37.7 Å². The molecule has 3 aromatic rings. The van der Waals surface area contributed by atoms with Crippen LogP contribution in [0, 0.1) is 7.43 Å². The van der Waals surface area contributed by atoms with E-state index in [1.807, 2.05) is 0 Å². The van der Waals surface area contributed by atoms with Gasteiger partial charge in [-0.15, -0.1) is 64.6 Å². The van der Waals surface area contributed by atoms with E-state index in [2.05, 4.69) is 54.6 Å². The van der Waals surface area contributed by atoms with E-state index in [9.17, 15) is 0 Å². The molecule has 4 radical (unpaired) electrons. The standard InChI is InChI=1S/C13H9.C3H8O2.CH3.2ClH.O.Si.Zr/c1-3-7-12-10(5-1)9-11-6-2-4-8-13(11)12;4-2-1-3-5;;;;;;/h1-9H;4-5H,1-3H2;1H3;2*1H;;;/q-1;;-1;;;;;+2. The summed E-state index contributed by atoms with van der Waals surface area (Å²) in [5.41, 5.74) is 0. The summed E-state index contributed by atoms with van der Waals surface area (Å²) < 4.78 is 8.34. The molecule has 7 heteroatoms. The first-order valence-corrected chi connectivity index (χ1v) is 7.32. The molecule has 3 aromatic carbocycles. The summed E-state index contributed by atoms with van der Waals surface area (Å²) >= 11 is 0.300. The zero-order valence-electron chi connectivity index (χ0n) is 13.4. The molecular formula is C17H22Cl2O3SiZr. The minimum atomic E-state index is 0. The molecule has 0 spiro atoms. The van der Waals surface area contributed by atoms with Crippen LogP contribution in [-0.2, 0) is 27.5 Å². The Morgan fingerprint density at radius 1 is 0.792 bits per heavy atom. The van der Waals surface area contributed by atoms with Gasteiger partial charge in [0.15, 0.2) is 0 Å². The first-order chi connectivity index (χ1) is 9.86. The average molecular weight is 465 g/mol. The Labute approximate surface area is 176 Å². The Hall–Kier alpha value is -0.290. The second-order valence-corrected chi connectivity index (χ2v) is 4.12. The monoisotopic (exact) mass is 462 g/mol. The summed E-state index contributed by atoms with van der Waals surface area (Å²) in [4.78, 5) is 0. The number of hydrogen-bond acceptors (Lipinski definition) is 3. The van der Waals surface area contributed by atoms with E-state index < -0.39 is 0 Å². The van der Waals surface area contributed by atoms with Gasteiger partial charge in [0.25, 0.3) is 0 Å². The summed E-state index contributed by atoms with van der Waals surface area (Å²) in [5, 5.41) is 21.2. The van der Waals surface area contributed by atoms with Gasteiger partial charge in [0.2, 0.25) is 0 Å². The van der Waals surface area contributed by atoms with Gasteiger partial charge in [-0.05, 0) is 6.42 Å². The molecule has 0 saturated carbocycles.